The fourth-order valence-electron chi connectivity index (χ4n) is 1.14. The molecule has 0 unspecified atom stereocenters. The van der Waals surface area contributed by atoms with E-state index in [9.17, 15) is 0 Å². The molecule has 0 aliphatic carbocycles. The zero-order valence-electron chi connectivity index (χ0n) is 7.55. The molecule has 0 saturated carbocycles. The lowest BCUT2D eigenvalue weighted by atomic mass is 10.4. The first kappa shape index (κ1) is 13.3. The van der Waals surface area contributed by atoms with E-state index in [-0.39, 0.29) is 24.0 Å². The number of morpholine rings is 1. The topological polar surface area (TPSA) is 59.3 Å². The Morgan fingerprint density at radius 2 is 2.00 bits per heavy atom. The van der Waals surface area contributed by atoms with Crippen LogP contribution in [0.3, 0.4) is 0 Å². The van der Waals surface area contributed by atoms with E-state index in [1.165, 1.54) is 0 Å². The van der Waals surface area contributed by atoms with E-state index in [0.29, 0.717) is 9.70 Å². The summed E-state index contributed by atoms with van der Waals surface area (Å²) >= 11 is 4.90. The molecule has 1 aliphatic heterocycles. The number of halogens is 1. The normalized spacial score (nSPS) is 19.8. The second-order valence-corrected chi connectivity index (χ2v) is 3.45. The van der Waals surface area contributed by atoms with Crippen LogP contribution in [0.5, 0.6) is 0 Å². The predicted octanol–water partition coefficient (Wildman–Crippen LogP) is -4.28. The molecule has 0 aromatic rings. The summed E-state index contributed by atoms with van der Waals surface area (Å²) < 4.78 is 5.91. The Morgan fingerprint density at radius 3 is 2.46 bits per heavy atom. The van der Waals surface area contributed by atoms with Crippen LogP contribution in [0.15, 0.2) is 0 Å². The van der Waals surface area contributed by atoms with Crippen LogP contribution < -0.4 is 40.7 Å². The van der Waals surface area contributed by atoms with Crippen molar-refractivity contribution in [2.24, 2.45) is 5.84 Å². The van der Waals surface area contributed by atoms with Crippen LogP contribution in [0.4, 0.5) is 0 Å². The zero-order valence-corrected chi connectivity index (χ0v) is 10.5. The third-order valence-electron chi connectivity index (χ3n) is 1.96. The molecule has 0 amide bonds. The number of nitrogens with zero attached hydrogens (tertiary/aromatic N) is 1. The molecule has 7 heteroatoms. The van der Waals surface area contributed by atoms with Crippen LogP contribution in [0.2, 0.25) is 0 Å². The van der Waals surface area contributed by atoms with Gasteiger partial charge in [-0.25, -0.2) is 15.9 Å². The second-order valence-electron chi connectivity index (χ2n) is 3.04. The molecule has 5 nitrogen and oxygen atoms in total. The lowest BCUT2D eigenvalue weighted by Crippen LogP contribution is -3.00. The van der Waals surface area contributed by atoms with Gasteiger partial charge in [0, 0.05) is 0 Å². The average molecular weight is 318 g/mol. The molecule has 13 heavy (non-hydrogen) atoms. The maximum Gasteiger partial charge on any atom is 0.227 e. The van der Waals surface area contributed by atoms with E-state index in [4.69, 9.17) is 22.8 Å². The van der Waals surface area contributed by atoms with Gasteiger partial charge in [0.15, 0.2) is 0 Å². The van der Waals surface area contributed by atoms with Gasteiger partial charge >= 0.3 is 0 Å². The molecule has 0 spiro atoms. The summed E-state index contributed by atoms with van der Waals surface area (Å²) in [4.78, 5) is 0. The SMILES string of the molecule is C[N+]1(NC(=S)NN)CCOCC1.[I-]. The first-order chi connectivity index (χ1) is 5.66. The van der Waals surface area contributed by atoms with Crippen molar-refractivity contribution in [1.29, 1.82) is 0 Å². The summed E-state index contributed by atoms with van der Waals surface area (Å²) in [5.74, 6) is 5.15. The fourth-order valence-corrected chi connectivity index (χ4v) is 1.36. The molecule has 1 heterocycles. The summed E-state index contributed by atoms with van der Waals surface area (Å²) in [5, 5.41) is 0.472. The molecule has 1 aliphatic rings. The van der Waals surface area contributed by atoms with E-state index in [1.807, 2.05) is 0 Å². The molecule has 0 aromatic carbocycles. The lowest BCUT2D eigenvalue weighted by Gasteiger charge is -2.36. The van der Waals surface area contributed by atoms with E-state index < -0.39 is 0 Å². The van der Waals surface area contributed by atoms with Gasteiger partial charge in [-0.05, 0) is 12.2 Å². The number of hydrogen-bond acceptors (Lipinski definition) is 3. The summed E-state index contributed by atoms with van der Waals surface area (Å²) in [6, 6.07) is 0. The molecule has 0 atom stereocenters. The van der Waals surface area contributed by atoms with Crippen molar-refractivity contribution < 1.29 is 33.3 Å². The maximum absolute atomic E-state index is 5.23. The third kappa shape index (κ3) is 4.36. The molecule has 0 aromatic heterocycles. The maximum atomic E-state index is 5.23. The quantitative estimate of drug-likeness (QED) is 0.150. The van der Waals surface area contributed by atoms with E-state index >= 15 is 0 Å². The number of ether oxygens (including phenoxy) is 1. The smallest absolute Gasteiger partial charge is 0.227 e. The van der Waals surface area contributed by atoms with Crippen LogP contribution in [0.25, 0.3) is 0 Å². The first-order valence-electron chi connectivity index (χ1n) is 3.87. The Labute approximate surface area is 101 Å². The van der Waals surface area contributed by atoms with Crippen molar-refractivity contribution in [2.75, 3.05) is 33.4 Å². The highest BCUT2D eigenvalue weighted by Crippen LogP contribution is 2.02. The van der Waals surface area contributed by atoms with Crippen molar-refractivity contribution >= 4 is 17.3 Å². The number of thiocarbonyl (C=S) groups is 1. The number of likely N-dealkylation sites (N-methyl/N-ethyl adjacent to an activating group) is 1. The highest BCUT2D eigenvalue weighted by molar-refractivity contribution is 7.80. The van der Waals surface area contributed by atoms with Crippen LogP contribution in [0.1, 0.15) is 0 Å². The average Bonchev–Trinajstić information content (AvgIpc) is 2.05. The Kier molecular flexibility index (Phi) is 6.05. The van der Waals surface area contributed by atoms with Crippen LogP contribution in [0, 0.1) is 0 Å². The molecular formula is C6H15IN4OS. The Morgan fingerprint density at radius 1 is 1.46 bits per heavy atom. The third-order valence-corrected chi connectivity index (χ3v) is 2.17. The highest BCUT2D eigenvalue weighted by Gasteiger charge is 2.26. The van der Waals surface area contributed by atoms with Gasteiger partial charge in [-0.15, -0.1) is 0 Å². The number of hydrogen-bond donors (Lipinski definition) is 3. The van der Waals surface area contributed by atoms with Gasteiger partial charge in [0.2, 0.25) is 5.11 Å². The highest BCUT2D eigenvalue weighted by atomic mass is 127. The molecule has 0 bridgehead atoms. The minimum Gasteiger partial charge on any atom is -1.00 e. The fraction of sp³-hybridized carbons (Fsp3) is 0.833. The van der Waals surface area contributed by atoms with E-state index in [1.54, 1.807) is 0 Å². The monoisotopic (exact) mass is 318 g/mol. The number of nitrogens with one attached hydrogen (secondary N) is 2. The number of nitrogens with two attached hydrogens (primary N) is 1. The number of rotatable bonds is 1. The van der Waals surface area contributed by atoms with Gasteiger partial charge in [0.25, 0.3) is 0 Å². The zero-order chi connectivity index (χ0) is 9.03. The minimum absolute atomic E-state index is 0. The molecule has 0 radical (unpaired) electrons. The van der Waals surface area contributed by atoms with Gasteiger partial charge in [-0.2, -0.15) is 0 Å². The van der Waals surface area contributed by atoms with E-state index in [2.05, 4.69) is 17.9 Å². The van der Waals surface area contributed by atoms with Crippen molar-refractivity contribution in [3.63, 3.8) is 0 Å². The summed E-state index contributed by atoms with van der Waals surface area (Å²) in [6.07, 6.45) is 0. The standard InChI is InChI=1S/C6H14N4OS.HI/c1-10(9-6(12)8-7)2-4-11-5-3-10;/h2-5,7H2,1H3,(H-,8,9,12);1H. The predicted molar refractivity (Wildman–Crippen MR) is 49.8 cm³/mol. The van der Waals surface area contributed by atoms with Gasteiger partial charge in [-0.3, -0.25) is 5.43 Å². The Bertz CT molecular complexity index is 174. The first-order valence-corrected chi connectivity index (χ1v) is 4.28. The van der Waals surface area contributed by atoms with Crippen molar-refractivity contribution in [2.45, 2.75) is 0 Å². The minimum atomic E-state index is 0. The molecule has 1 rings (SSSR count). The summed E-state index contributed by atoms with van der Waals surface area (Å²) in [7, 11) is 2.06. The van der Waals surface area contributed by atoms with Gasteiger partial charge in [0.1, 0.15) is 13.1 Å². The summed E-state index contributed by atoms with van der Waals surface area (Å²) in [6.45, 7) is 3.33. The molecule has 1 fully saturated rings. The Hall–Kier alpha value is 0.300. The molecular weight excluding hydrogens is 303 g/mol. The molecule has 1 saturated heterocycles. The van der Waals surface area contributed by atoms with Gasteiger partial charge in [-0.1, -0.05) is 0 Å². The van der Waals surface area contributed by atoms with Crippen LogP contribution >= 0.6 is 12.2 Å². The van der Waals surface area contributed by atoms with E-state index in [0.717, 1.165) is 26.3 Å². The van der Waals surface area contributed by atoms with Gasteiger partial charge in [0.05, 0.1) is 20.3 Å². The lowest BCUT2D eigenvalue weighted by molar-refractivity contribution is -0.948. The van der Waals surface area contributed by atoms with Crippen molar-refractivity contribution in [1.82, 2.24) is 10.9 Å². The van der Waals surface area contributed by atoms with Crippen LogP contribution in [-0.2, 0) is 4.74 Å². The summed E-state index contributed by atoms with van der Waals surface area (Å²) in [5.41, 5.74) is 5.50. The molecule has 78 valence electrons. The second kappa shape index (κ2) is 5.91. The Balaban J connectivity index is 0.00000144. The largest absolute Gasteiger partial charge is 1.00 e. The number of quaternary nitrogens is 1. The van der Waals surface area contributed by atoms with Crippen molar-refractivity contribution in [3.05, 3.63) is 0 Å². The van der Waals surface area contributed by atoms with Crippen LogP contribution in [-0.4, -0.2) is 43.1 Å². The number of hydrazine groups is 1. The van der Waals surface area contributed by atoms with Gasteiger partial charge < -0.3 is 28.7 Å². The molecule has 4 N–H and O–H groups in total. The van der Waals surface area contributed by atoms with Crippen molar-refractivity contribution in [3.8, 4) is 0 Å².